The fraction of sp³-hybridized carbons (Fsp3) is 0.512. The zero-order valence-electron chi connectivity index (χ0n) is 32.8. The quantitative estimate of drug-likeness (QED) is 0.156. The minimum atomic E-state index is -4.59. The summed E-state index contributed by atoms with van der Waals surface area (Å²) in [6.45, 7) is 10.1. The number of piperidine rings is 2. The number of carbonyl (C=O) groups excluding carboxylic acids is 1. The third kappa shape index (κ3) is 7.50. The maximum atomic E-state index is 14.2. The van der Waals surface area contributed by atoms with Gasteiger partial charge in [-0.3, -0.25) is 14.9 Å². The van der Waals surface area contributed by atoms with E-state index < -0.39 is 12.8 Å². The number of aromatic nitrogens is 4. The third-order valence-electron chi connectivity index (χ3n) is 12.3. The predicted octanol–water partition coefficient (Wildman–Crippen LogP) is 5.53. The number of benzene rings is 2. The van der Waals surface area contributed by atoms with Crippen LogP contribution in [0.1, 0.15) is 55.6 Å². The second-order valence-electron chi connectivity index (χ2n) is 16.4. The summed E-state index contributed by atoms with van der Waals surface area (Å²) in [5.41, 5.74) is 10.2. The molecule has 1 aliphatic carbocycles. The van der Waals surface area contributed by atoms with Gasteiger partial charge in [0.2, 0.25) is 0 Å². The molecule has 4 aromatic rings. The molecule has 2 aromatic carbocycles. The number of amides is 1. The molecule has 1 spiro atoms. The molecular formula is C41H49F3N10O4. The number of alkyl halides is 3. The van der Waals surface area contributed by atoms with Crippen molar-refractivity contribution in [3.05, 3.63) is 60.2 Å². The lowest BCUT2D eigenvalue weighted by atomic mass is 9.72. The van der Waals surface area contributed by atoms with Crippen molar-refractivity contribution < 1.29 is 32.2 Å². The Morgan fingerprint density at radius 3 is 2.50 bits per heavy atom. The van der Waals surface area contributed by atoms with E-state index in [1.807, 2.05) is 24.0 Å². The minimum Gasteiger partial charge on any atom is -0.481 e. The first-order valence-electron chi connectivity index (χ1n) is 20.1. The Balaban J connectivity index is 1.10. The molecule has 1 amide bonds. The highest BCUT2D eigenvalue weighted by atomic mass is 19.4. The van der Waals surface area contributed by atoms with Crippen LogP contribution in [0.3, 0.4) is 0 Å². The second kappa shape index (κ2) is 15.2. The Morgan fingerprint density at radius 2 is 1.81 bits per heavy atom. The van der Waals surface area contributed by atoms with Crippen LogP contribution in [0.15, 0.2) is 49.1 Å². The lowest BCUT2D eigenvalue weighted by Gasteiger charge is -2.54. The van der Waals surface area contributed by atoms with Crippen molar-refractivity contribution in [2.45, 2.75) is 63.6 Å². The van der Waals surface area contributed by atoms with Crippen molar-refractivity contribution in [2.75, 3.05) is 71.0 Å². The van der Waals surface area contributed by atoms with E-state index in [0.717, 1.165) is 85.8 Å². The largest absolute Gasteiger partial charge is 0.481 e. The number of halogens is 3. The molecule has 0 radical (unpaired) electrons. The van der Waals surface area contributed by atoms with E-state index in [-0.39, 0.29) is 35.1 Å². The summed E-state index contributed by atoms with van der Waals surface area (Å²) in [5, 5.41) is 10.3. The van der Waals surface area contributed by atoms with Crippen molar-refractivity contribution in [3.8, 4) is 22.9 Å². The summed E-state index contributed by atoms with van der Waals surface area (Å²) < 4.78 is 60.3. The molecule has 17 heteroatoms. The number of H-pyrrole nitrogens is 1. The van der Waals surface area contributed by atoms with E-state index in [0.29, 0.717) is 60.8 Å². The van der Waals surface area contributed by atoms with Gasteiger partial charge in [0, 0.05) is 87.1 Å². The highest BCUT2D eigenvalue weighted by Crippen LogP contribution is 2.53. The number of hydrogen-bond acceptors (Lipinski definition) is 12. The summed E-state index contributed by atoms with van der Waals surface area (Å²) in [7, 11) is 1.69. The number of anilines is 1. The van der Waals surface area contributed by atoms with Gasteiger partial charge in [0.25, 0.3) is 5.91 Å². The number of likely N-dealkylation sites (tertiary alicyclic amines) is 2. The maximum Gasteiger partial charge on any atom is 0.422 e. The topological polar surface area (TPSA) is 136 Å². The Bertz CT molecular complexity index is 2230. The Morgan fingerprint density at radius 1 is 1.03 bits per heavy atom. The summed E-state index contributed by atoms with van der Waals surface area (Å²) in [6.07, 6.45) is 5.29. The van der Waals surface area contributed by atoms with Gasteiger partial charge >= 0.3 is 12.2 Å². The Kier molecular flexibility index (Phi) is 10.1. The first-order chi connectivity index (χ1) is 28.0. The molecule has 1 saturated carbocycles. The van der Waals surface area contributed by atoms with Crippen LogP contribution >= 0.6 is 0 Å². The zero-order valence-corrected chi connectivity index (χ0v) is 32.8. The van der Waals surface area contributed by atoms with Crippen LogP contribution in [0.4, 0.5) is 19.0 Å². The molecule has 308 valence electrons. The van der Waals surface area contributed by atoms with Gasteiger partial charge in [-0.25, -0.2) is 0 Å². The van der Waals surface area contributed by atoms with E-state index >= 15 is 0 Å². The molecule has 6 heterocycles. The molecule has 14 nitrogen and oxygen atoms in total. The molecular weight excluding hydrogens is 754 g/mol. The number of hydrogen-bond donors (Lipinski definition) is 3. The molecule has 5 aliphatic rings. The summed E-state index contributed by atoms with van der Waals surface area (Å²) >= 11 is 0. The molecule has 0 atom stereocenters. The number of hydrazine groups is 2. The highest BCUT2D eigenvalue weighted by molar-refractivity contribution is 6.06. The van der Waals surface area contributed by atoms with Gasteiger partial charge in [-0.15, -0.1) is 5.53 Å². The van der Waals surface area contributed by atoms with Gasteiger partial charge in [0.15, 0.2) is 12.4 Å². The smallest absolute Gasteiger partial charge is 0.422 e. The molecule has 0 unspecified atom stereocenters. The van der Waals surface area contributed by atoms with Gasteiger partial charge in [0.05, 0.1) is 18.3 Å². The fourth-order valence-corrected chi connectivity index (χ4v) is 8.98. The monoisotopic (exact) mass is 802 g/mol. The minimum absolute atomic E-state index is 0.0496. The van der Waals surface area contributed by atoms with Crippen molar-refractivity contribution in [1.82, 2.24) is 45.9 Å². The number of aromatic amines is 1. The number of nitrogens with one attached hydrogen (secondary N) is 3. The van der Waals surface area contributed by atoms with Crippen LogP contribution < -0.4 is 25.3 Å². The zero-order chi connectivity index (χ0) is 40.2. The molecule has 58 heavy (non-hydrogen) atoms. The predicted molar refractivity (Wildman–Crippen MR) is 212 cm³/mol. The molecule has 4 fully saturated rings. The van der Waals surface area contributed by atoms with Crippen molar-refractivity contribution in [3.63, 3.8) is 0 Å². The molecule has 0 bridgehead atoms. The van der Waals surface area contributed by atoms with Crippen LogP contribution in [-0.2, 0) is 9.53 Å². The van der Waals surface area contributed by atoms with Gasteiger partial charge in [-0.2, -0.15) is 28.2 Å². The van der Waals surface area contributed by atoms with Crippen LogP contribution in [-0.4, -0.2) is 119 Å². The van der Waals surface area contributed by atoms with Gasteiger partial charge in [-0.05, 0) is 80.2 Å². The third-order valence-corrected chi connectivity index (χ3v) is 12.3. The first-order valence-corrected chi connectivity index (χ1v) is 20.1. The Labute approximate surface area is 334 Å². The van der Waals surface area contributed by atoms with Crippen molar-refractivity contribution in [2.24, 2.45) is 5.41 Å². The van der Waals surface area contributed by atoms with E-state index in [1.165, 1.54) is 0 Å². The number of carbonyl (C=O) groups is 1. The molecule has 9 rings (SSSR count). The van der Waals surface area contributed by atoms with Gasteiger partial charge in [0.1, 0.15) is 23.1 Å². The summed E-state index contributed by atoms with van der Waals surface area (Å²) in [5.74, 6) is 0.714. The number of fused-ring (bicyclic) bond motifs is 2. The number of methoxy groups -OCH3 is 1. The molecule has 4 aliphatic heterocycles. The van der Waals surface area contributed by atoms with E-state index in [4.69, 9.17) is 24.2 Å². The average Bonchev–Trinajstić information content (AvgIpc) is 3.67. The van der Waals surface area contributed by atoms with E-state index in [1.54, 1.807) is 30.7 Å². The lowest BCUT2D eigenvalue weighted by molar-refractivity contribution is -0.153. The number of rotatable bonds is 12. The van der Waals surface area contributed by atoms with Crippen LogP contribution in [0, 0.1) is 12.3 Å². The fourth-order valence-electron chi connectivity index (χ4n) is 8.98. The SMILES string of the molecule is C=C(C(=O)N1CC2(CCN(c3nc(OC4CCN(CCOC)CC4)nc4c(OCC(F)(F)F)c(-c5c(C)ccc6[nH]ncc56)c(C5CC5)cc34)CC2)C1)N1C=CNN1. The molecule has 3 saturated heterocycles. The Hall–Kier alpha value is -5.13. The summed E-state index contributed by atoms with van der Waals surface area (Å²) in [4.78, 5) is 29.6. The van der Waals surface area contributed by atoms with Crippen molar-refractivity contribution in [1.29, 1.82) is 0 Å². The normalized spacial score (nSPS) is 19.9. The number of ether oxygens (including phenoxy) is 3. The highest BCUT2D eigenvalue weighted by Gasteiger charge is 2.48. The molecule has 3 N–H and O–H groups in total. The van der Waals surface area contributed by atoms with E-state index in [2.05, 4.69) is 43.6 Å². The standard InChI is InChI=1S/C41H49F3N10O4/c1-25-4-7-32-31(21-46-49-32)33(25)34-29(27-5-6-27)20-30-35(36(34)57-24-41(42,43)44)47-39(58-28-8-13-51(14-9-28)18-19-56-3)48-37(30)52-15-10-40(11-16-52)22-53(23-40)38(55)26(2)54-17-12-45-50-54/h4,7,12,17,20-21,27-28,45,50H,2,5-6,8-11,13-16,18-19,22-24H2,1,3H3,(H,46,49). The van der Waals surface area contributed by atoms with Gasteiger partial charge in [-0.1, -0.05) is 12.6 Å². The number of aryl methyl sites for hydroxylation is 1. The van der Waals surface area contributed by atoms with E-state index in [9.17, 15) is 18.0 Å². The first kappa shape index (κ1) is 38.4. The molecule has 2 aromatic heterocycles. The second-order valence-corrected chi connectivity index (χ2v) is 16.4. The maximum absolute atomic E-state index is 14.2. The van der Waals surface area contributed by atoms with Gasteiger partial charge < -0.3 is 34.3 Å². The number of nitrogens with zero attached hydrogens (tertiary/aromatic N) is 7. The van der Waals surface area contributed by atoms with Crippen LogP contribution in [0.25, 0.3) is 32.9 Å². The summed E-state index contributed by atoms with van der Waals surface area (Å²) in [6, 6.07) is 6.09. The average molecular weight is 803 g/mol. The lowest BCUT2D eigenvalue weighted by Crippen LogP contribution is -2.62. The van der Waals surface area contributed by atoms with Crippen LogP contribution in [0.2, 0.25) is 0 Å². The van der Waals surface area contributed by atoms with Crippen LogP contribution in [0.5, 0.6) is 11.8 Å². The van der Waals surface area contributed by atoms with Crippen molar-refractivity contribution >= 4 is 33.5 Å².